The second kappa shape index (κ2) is 9.31. The van der Waals surface area contributed by atoms with Crippen LogP contribution in [0, 0.1) is 5.92 Å². The molecule has 8 nitrogen and oxygen atoms in total. The molecule has 0 spiro atoms. The number of ether oxygens (including phenoxy) is 2. The molecule has 3 heterocycles. The zero-order valence-electron chi connectivity index (χ0n) is 20.0. The van der Waals surface area contributed by atoms with Crippen molar-refractivity contribution in [2.24, 2.45) is 10.9 Å². The third-order valence-electron chi connectivity index (χ3n) is 5.58. The number of thiazole rings is 1. The number of amides is 2. The van der Waals surface area contributed by atoms with E-state index in [1.54, 1.807) is 17.5 Å². The van der Waals surface area contributed by atoms with Gasteiger partial charge >= 0.3 is 6.09 Å². The smallest absolute Gasteiger partial charge is 0.413 e. The van der Waals surface area contributed by atoms with Gasteiger partial charge < -0.3 is 14.8 Å². The van der Waals surface area contributed by atoms with Crippen LogP contribution in [0.1, 0.15) is 56.4 Å². The number of rotatable bonds is 3. The van der Waals surface area contributed by atoms with Gasteiger partial charge in [-0.25, -0.2) is 14.8 Å². The Hall–Kier alpha value is -2.43. The lowest BCUT2D eigenvalue weighted by atomic mass is 9.77. The van der Waals surface area contributed by atoms with Crippen molar-refractivity contribution in [3.8, 4) is 0 Å². The number of hydrogen-bond acceptors (Lipinski definition) is 8. The minimum absolute atomic E-state index is 0.166. The topological polar surface area (TPSA) is 102 Å². The van der Waals surface area contributed by atoms with Crippen molar-refractivity contribution < 1.29 is 19.1 Å². The molecule has 0 bridgehead atoms. The molecule has 1 saturated heterocycles. The molecule has 0 radical (unpaired) electrons. The highest BCUT2D eigenvalue weighted by molar-refractivity contribution is 8.13. The molecular weight excluding hydrogens is 472 g/mol. The maximum atomic E-state index is 12.7. The first-order valence-corrected chi connectivity index (χ1v) is 13.0. The maximum Gasteiger partial charge on any atom is 0.413 e. The molecule has 1 fully saturated rings. The van der Waals surface area contributed by atoms with Crippen LogP contribution in [0.4, 0.5) is 10.6 Å². The molecule has 4 rings (SSSR count). The van der Waals surface area contributed by atoms with E-state index in [0.717, 1.165) is 17.2 Å². The van der Waals surface area contributed by atoms with Gasteiger partial charge in [0.25, 0.3) is 5.91 Å². The van der Waals surface area contributed by atoms with Crippen LogP contribution in [0.2, 0.25) is 0 Å². The molecule has 0 saturated carbocycles. The molecule has 1 aromatic heterocycles. The van der Waals surface area contributed by atoms with E-state index < -0.39 is 17.2 Å². The Kier molecular flexibility index (Phi) is 6.76. The highest BCUT2D eigenvalue weighted by atomic mass is 32.2. The molecule has 2 N–H and O–H groups in total. The predicted molar refractivity (Wildman–Crippen MR) is 136 cm³/mol. The summed E-state index contributed by atoms with van der Waals surface area (Å²) >= 11 is 2.96. The lowest BCUT2D eigenvalue weighted by Gasteiger charge is -2.48. The second-order valence-electron chi connectivity index (χ2n) is 10.1. The molecule has 2 aliphatic rings. The number of carbonyl (C=O) groups excluding carboxylic acids is 2. The van der Waals surface area contributed by atoms with Crippen LogP contribution >= 0.6 is 23.1 Å². The Bertz CT molecular complexity index is 1090. The molecule has 2 atom stereocenters. The third-order valence-corrected chi connectivity index (χ3v) is 7.62. The molecule has 1 aromatic carbocycles. The molecule has 10 heteroatoms. The second-order valence-corrected chi connectivity index (χ2v) is 12.0. The van der Waals surface area contributed by atoms with Gasteiger partial charge in [-0.3, -0.25) is 10.1 Å². The summed E-state index contributed by atoms with van der Waals surface area (Å²) in [6.07, 6.45) is 0.246. The first-order chi connectivity index (χ1) is 16.0. The van der Waals surface area contributed by atoms with Gasteiger partial charge in [0.15, 0.2) is 5.17 Å². The molecule has 0 aliphatic carbocycles. The van der Waals surface area contributed by atoms with Gasteiger partial charge in [-0.1, -0.05) is 30.0 Å². The van der Waals surface area contributed by atoms with Gasteiger partial charge in [0.1, 0.15) is 22.0 Å². The monoisotopic (exact) mass is 502 g/mol. The number of nitrogens with one attached hydrogen (secondary N) is 2. The zero-order chi connectivity index (χ0) is 24.6. The summed E-state index contributed by atoms with van der Waals surface area (Å²) in [4.78, 5) is 34.7. The van der Waals surface area contributed by atoms with Crippen LogP contribution in [-0.4, -0.2) is 45.7 Å². The van der Waals surface area contributed by atoms with Crippen LogP contribution in [-0.2, 0) is 15.0 Å². The van der Waals surface area contributed by atoms with Gasteiger partial charge in [-0.2, -0.15) is 0 Å². The van der Waals surface area contributed by atoms with Crippen LogP contribution in [0.3, 0.4) is 0 Å². The molecule has 182 valence electrons. The van der Waals surface area contributed by atoms with Gasteiger partial charge in [-0.15, -0.1) is 11.3 Å². The highest BCUT2D eigenvalue weighted by Gasteiger charge is 2.52. The first-order valence-electron chi connectivity index (χ1n) is 11.1. The number of fused-ring (bicyclic) bond motifs is 1. The van der Waals surface area contributed by atoms with Crippen molar-refractivity contribution in [2.75, 3.05) is 17.7 Å². The van der Waals surface area contributed by atoms with Crippen LogP contribution in [0.25, 0.3) is 0 Å². The average molecular weight is 503 g/mol. The van der Waals surface area contributed by atoms with E-state index in [0.29, 0.717) is 23.2 Å². The van der Waals surface area contributed by atoms with E-state index in [1.807, 2.05) is 39.0 Å². The predicted octanol–water partition coefficient (Wildman–Crippen LogP) is 5.03. The maximum absolute atomic E-state index is 12.7. The summed E-state index contributed by atoms with van der Waals surface area (Å²) in [5, 5.41) is 8.73. The molecule has 34 heavy (non-hydrogen) atoms. The standard InChI is InChI=1S/C24H30N4O4S2/c1-22(2,3)32-21(30)26-17-13-33-19(25-17)24-14-31-23(4,5)11-16(24)12-34-20(28-24)27-18(29)15-9-7-6-8-10-15/h6-10,13,16H,11-12,14H2,1-5H3,(H,26,30)(H,27,28,29)/t16-,24-/m0/s1. The third kappa shape index (κ3) is 5.61. The Morgan fingerprint density at radius 3 is 2.62 bits per heavy atom. The van der Waals surface area contributed by atoms with Gasteiger partial charge in [0.05, 0.1) is 12.2 Å². The summed E-state index contributed by atoms with van der Waals surface area (Å²) in [6, 6.07) is 9.06. The number of thioether (sulfide) groups is 1. The summed E-state index contributed by atoms with van der Waals surface area (Å²) in [7, 11) is 0. The number of carbonyl (C=O) groups is 2. The van der Waals surface area contributed by atoms with Gasteiger partial charge in [0, 0.05) is 22.6 Å². The number of aliphatic imine (C=N–C) groups is 1. The Balaban J connectivity index is 1.61. The quantitative estimate of drug-likeness (QED) is 0.610. The summed E-state index contributed by atoms with van der Waals surface area (Å²) < 4.78 is 11.6. The van der Waals surface area contributed by atoms with Gasteiger partial charge in [-0.05, 0) is 53.2 Å². The lowest BCUT2D eigenvalue weighted by Crippen LogP contribution is -2.53. The van der Waals surface area contributed by atoms with Crippen molar-refractivity contribution in [1.29, 1.82) is 0 Å². The Morgan fingerprint density at radius 1 is 1.18 bits per heavy atom. The van der Waals surface area contributed by atoms with Crippen molar-refractivity contribution >= 4 is 46.1 Å². The fourth-order valence-corrected chi connectivity index (χ4v) is 6.11. The van der Waals surface area contributed by atoms with E-state index in [9.17, 15) is 9.59 Å². The minimum Gasteiger partial charge on any atom is -0.444 e. The molecule has 0 unspecified atom stereocenters. The Morgan fingerprint density at radius 2 is 1.91 bits per heavy atom. The van der Waals surface area contributed by atoms with Crippen molar-refractivity contribution in [1.82, 2.24) is 10.3 Å². The fourth-order valence-electron chi connectivity index (χ4n) is 4.00. The van der Waals surface area contributed by atoms with E-state index >= 15 is 0 Å². The number of aromatic nitrogens is 1. The summed E-state index contributed by atoms with van der Waals surface area (Å²) in [5.74, 6) is 1.15. The fraction of sp³-hybridized carbons (Fsp3) is 0.500. The largest absolute Gasteiger partial charge is 0.444 e. The number of amidine groups is 1. The zero-order valence-corrected chi connectivity index (χ0v) is 21.6. The van der Waals surface area contributed by atoms with Crippen LogP contribution in [0.5, 0.6) is 0 Å². The number of nitrogens with zero attached hydrogens (tertiary/aromatic N) is 2. The highest BCUT2D eigenvalue weighted by Crippen LogP contribution is 2.49. The van der Waals surface area contributed by atoms with Crippen LogP contribution < -0.4 is 10.6 Å². The minimum atomic E-state index is -0.738. The first kappa shape index (κ1) is 24.7. The van der Waals surface area contributed by atoms with Crippen molar-refractivity contribution in [3.05, 3.63) is 46.3 Å². The number of benzene rings is 1. The van der Waals surface area contributed by atoms with Crippen molar-refractivity contribution in [2.45, 2.75) is 57.8 Å². The molecule has 2 aliphatic heterocycles. The molecular formula is C24H30N4O4S2. The summed E-state index contributed by atoms with van der Waals surface area (Å²) in [6.45, 7) is 9.93. The van der Waals surface area contributed by atoms with Crippen LogP contribution in [0.15, 0.2) is 40.7 Å². The number of anilines is 1. The summed E-state index contributed by atoms with van der Waals surface area (Å²) in [5.41, 5.74) is -1.05. The molecule has 2 amide bonds. The van der Waals surface area contributed by atoms with E-state index in [1.165, 1.54) is 23.1 Å². The SMILES string of the molecule is CC(C)(C)OC(=O)Nc1csc([C@]23COC(C)(C)C[C@H]2CSC(NC(=O)c2ccccc2)=N3)n1. The molecule has 2 aromatic rings. The normalized spacial score (nSPS) is 23.9. The number of hydrogen-bond donors (Lipinski definition) is 2. The van der Waals surface area contributed by atoms with E-state index in [-0.39, 0.29) is 17.4 Å². The van der Waals surface area contributed by atoms with E-state index in [4.69, 9.17) is 19.5 Å². The lowest BCUT2D eigenvalue weighted by molar-refractivity contribution is -0.109. The Labute approximate surface area is 207 Å². The van der Waals surface area contributed by atoms with Gasteiger partial charge in [0.2, 0.25) is 0 Å². The van der Waals surface area contributed by atoms with Crippen molar-refractivity contribution in [3.63, 3.8) is 0 Å². The average Bonchev–Trinajstić information content (AvgIpc) is 3.21. The van der Waals surface area contributed by atoms with E-state index in [2.05, 4.69) is 24.5 Å².